The Hall–Kier alpha value is -1.46. The maximum atomic E-state index is 12.8. The molecular formula is C19H25N3OS. The lowest BCUT2D eigenvalue weighted by Gasteiger charge is -2.36. The molecule has 0 aromatic heterocycles. The Labute approximate surface area is 149 Å². The average molecular weight is 343 g/mol. The van der Waals surface area contributed by atoms with Gasteiger partial charge in [-0.3, -0.25) is 14.6 Å². The molecule has 24 heavy (non-hydrogen) atoms. The first-order chi connectivity index (χ1) is 11.7. The van der Waals surface area contributed by atoms with Gasteiger partial charge in [-0.15, -0.1) is 0 Å². The highest BCUT2D eigenvalue weighted by Crippen LogP contribution is 2.31. The number of carbonyl (C=O) groups is 1. The molecule has 0 aliphatic carbocycles. The highest BCUT2D eigenvalue weighted by Gasteiger charge is 2.46. The van der Waals surface area contributed by atoms with E-state index in [1.54, 1.807) is 0 Å². The lowest BCUT2D eigenvalue weighted by molar-refractivity contribution is -0.130. The zero-order valence-corrected chi connectivity index (χ0v) is 14.9. The first kappa shape index (κ1) is 16.0. The second kappa shape index (κ2) is 6.81. The summed E-state index contributed by atoms with van der Waals surface area (Å²) in [5, 5.41) is 0.797. The monoisotopic (exact) mass is 343 g/mol. The number of fused-ring (bicyclic) bond motifs is 1. The number of hydrogen-bond donors (Lipinski definition) is 0. The Morgan fingerprint density at radius 3 is 2.46 bits per heavy atom. The van der Waals surface area contributed by atoms with E-state index in [0.29, 0.717) is 6.04 Å². The number of piperidine rings is 2. The van der Waals surface area contributed by atoms with Gasteiger partial charge in [-0.1, -0.05) is 30.3 Å². The fraction of sp³-hybridized carbons (Fsp3) is 0.579. The Balaban J connectivity index is 1.37. The van der Waals surface area contributed by atoms with Gasteiger partial charge in [0, 0.05) is 32.2 Å². The summed E-state index contributed by atoms with van der Waals surface area (Å²) >= 11 is 5.65. The summed E-state index contributed by atoms with van der Waals surface area (Å²) in [7, 11) is 0. The molecule has 3 saturated heterocycles. The molecule has 1 atom stereocenters. The van der Waals surface area contributed by atoms with Crippen molar-refractivity contribution in [2.45, 2.75) is 50.7 Å². The van der Waals surface area contributed by atoms with Crippen LogP contribution in [0.3, 0.4) is 0 Å². The van der Waals surface area contributed by atoms with E-state index in [9.17, 15) is 4.79 Å². The van der Waals surface area contributed by atoms with Gasteiger partial charge < -0.3 is 4.90 Å². The van der Waals surface area contributed by atoms with Crippen molar-refractivity contribution < 1.29 is 4.79 Å². The summed E-state index contributed by atoms with van der Waals surface area (Å²) in [6, 6.07) is 11.0. The third-order valence-electron chi connectivity index (χ3n) is 5.65. The Bertz CT molecular complexity index is 588. The Kier molecular flexibility index (Phi) is 4.55. The largest absolute Gasteiger partial charge is 0.337 e. The molecule has 5 heteroatoms. The molecule has 1 aromatic rings. The van der Waals surface area contributed by atoms with Crippen molar-refractivity contribution in [2.24, 2.45) is 0 Å². The van der Waals surface area contributed by atoms with E-state index in [1.807, 2.05) is 4.90 Å². The number of hydrogen-bond acceptors (Lipinski definition) is 3. The highest BCUT2D eigenvalue weighted by atomic mass is 32.1. The zero-order chi connectivity index (χ0) is 16.5. The van der Waals surface area contributed by atoms with Gasteiger partial charge in [0.2, 0.25) is 0 Å². The van der Waals surface area contributed by atoms with Crippen molar-refractivity contribution in [3.8, 4) is 0 Å². The van der Waals surface area contributed by atoms with Gasteiger partial charge in [0.15, 0.2) is 5.11 Å². The molecule has 0 spiro atoms. The molecule has 4 rings (SSSR count). The molecule has 128 valence electrons. The Morgan fingerprint density at radius 2 is 1.75 bits per heavy atom. The van der Waals surface area contributed by atoms with Crippen LogP contribution in [-0.2, 0) is 11.3 Å². The number of nitrogens with zero attached hydrogens (tertiary/aromatic N) is 3. The van der Waals surface area contributed by atoms with Crippen molar-refractivity contribution in [3.05, 3.63) is 35.9 Å². The van der Waals surface area contributed by atoms with E-state index in [0.717, 1.165) is 63.4 Å². The van der Waals surface area contributed by atoms with Crippen LogP contribution in [-0.4, -0.2) is 57.4 Å². The van der Waals surface area contributed by atoms with Gasteiger partial charge in [-0.05, 0) is 49.9 Å². The minimum absolute atomic E-state index is 0.0357. The molecule has 3 heterocycles. The predicted octanol–water partition coefficient (Wildman–Crippen LogP) is 2.63. The average Bonchev–Trinajstić information content (AvgIpc) is 2.88. The van der Waals surface area contributed by atoms with Crippen LogP contribution in [0.15, 0.2) is 30.3 Å². The van der Waals surface area contributed by atoms with Gasteiger partial charge in [0.1, 0.15) is 6.04 Å². The number of rotatable bonds is 3. The lowest BCUT2D eigenvalue weighted by Crippen LogP contribution is -2.47. The highest BCUT2D eigenvalue weighted by molar-refractivity contribution is 7.80. The summed E-state index contributed by atoms with van der Waals surface area (Å²) in [5.41, 5.74) is 1.36. The molecule has 0 radical (unpaired) electrons. The molecule has 1 aromatic carbocycles. The number of likely N-dealkylation sites (tertiary alicyclic amines) is 1. The summed E-state index contributed by atoms with van der Waals surface area (Å²) < 4.78 is 0. The molecule has 0 unspecified atom stereocenters. The van der Waals surface area contributed by atoms with Crippen LogP contribution in [0.2, 0.25) is 0 Å². The molecule has 1 amide bonds. The Morgan fingerprint density at radius 1 is 1.00 bits per heavy atom. The van der Waals surface area contributed by atoms with Gasteiger partial charge in [-0.2, -0.15) is 0 Å². The molecule has 3 aliphatic rings. The van der Waals surface area contributed by atoms with Crippen molar-refractivity contribution in [1.82, 2.24) is 14.7 Å². The summed E-state index contributed by atoms with van der Waals surface area (Å²) in [5.74, 6) is 0.265. The van der Waals surface area contributed by atoms with Crippen LogP contribution in [0.5, 0.6) is 0 Å². The third-order valence-corrected chi connectivity index (χ3v) is 6.08. The van der Waals surface area contributed by atoms with E-state index in [4.69, 9.17) is 12.2 Å². The van der Waals surface area contributed by atoms with Gasteiger partial charge in [-0.25, -0.2) is 0 Å². The topological polar surface area (TPSA) is 26.8 Å². The molecule has 3 fully saturated rings. The van der Waals surface area contributed by atoms with Gasteiger partial charge >= 0.3 is 0 Å². The normalized spacial score (nSPS) is 26.1. The summed E-state index contributed by atoms with van der Waals surface area (Å²) in [6.07, 6.45) is 5.34. The lowest BCUT2D eigenvalue weighted by atomic mass is 10.0. The quantitative estimate of drug-likeness (QED) is 0.789. The van der Waals surface area contributed by atoms with Crippen LogP contribution in [0.4, 0.5) is 0 Å². The van der Waals surface area contributed by atoms with Crippen LogP contribution < -0.4 is 0 Å². The molecule has 3 aliphatic heterocycles. The molecular weight excluding hydrogens is 318 g/mol. The molecule has 0 saturated carbocycles. The minimum atomic E-state index is 0.0357. The molecule has 0 bridgehead atoms. The van der Waals surface area contributed by atoms with Gasteiger partial charge in [0.05, 0.1) is 0 Å². The van der Waals surface area contributed by atoms with Crippen LogP contribution in [0, 0.1) is 0 Å². The number of carbonyl (C=O) groups excluding carboxylic acids is 1. The van der Waals surface area contributed by atoms with Gasteiger partial charge in [0.25, 0.3) is 5.91 Å². The first-order valence-corrected chi connectivity index (χ1v) is 9.55. The number of benzene rings is 1. The molecule has 4 nitrogen and oxygen atoms in total. The van der Waals surface area contributed by atoms with Crippen LogP contribution in [0.1, 0.15) is 37.7 Å². The fourth-order valence-corrected chi connectivity index (χ4v) is 4.78. The first-order valence-electron chi connectivity index (χ1n) is 9.14. The van der Waals surface area contributed by atoms with Crippen LogP contribution >= 0.6 is 12.2 Å². The van der Waals surface area contributed by atoms with E-state index in [2.05, 4.69) is 40.1 Å². The smallest absolute Gasteiger partial charge is 0.251 e. The second-order valence-corrected chi connectivity index (χ2v) is 7.55. The van der Waals surface area contributed by atoms with E-state index in [1.165, 1.54) is 5.56 Å². The SMILES string of the molecule is O=C1[C@H]2CCCCN2C(=S)N1C1CCN(Cc2ccccc2)CC1. The minimum Gasteiger partial charge on any atom is -0.337 e. The van der Waals surface area contributed by atoms with Crippen LogP contribution in [0.25, 0.3) is 0 Å². The zero-order valence-electron chi connectivity index (χ0n) is 14.1. The van der Waals surface area contributed by atoms with E-state index in [-0.39, 0.29) is 11.9 Å². The van der Waals surface area contributed by atoms with Crippen molar-refractivity contribution in [2.75, 3.05) is 19.6 Å². The van der Waals surface area contributed by atoms with E-state index < -0.39 is 0 Å². The molecule has 0 N–H and O–H groups in total. The maximum Gasteiger partial charge on any atom is 0.251 e. The third kappa shape index (κ3) is 2.95. The number of amides is 1. The number of thiocarbonyl (C=S) groups is 1. The maximum absolute atomic E-state index is 12.8. The summed E-state index contributed by atoms with van der Waals surface area (Å²) in [4.78, 5) is 19.4. The fourth-order valence-electron chi connectivity index (χ4n) is 4.32. The van der Waals surface area contributed by atoms with Crippen molar-refractivity contribution >= 4 is 23.2 Å². The van der Waals surface area contributed by atoms with E-state index >= 15 is 0 Å². The van der Waals surface area contributed by atoms with Crippen molar-refractivity contribution in [3.63, 3.8) is 0 Å². The summed E-state index contributed by atoms with van der Waals surface area (Å²) in [6.45, 7) is 4.03. The second-order valence-electron chi connectivity index (χ2n) is 7.19. The predicted molar refractivity (Wildman–Crippen MR) is 98.5 cm³/mol. The standard InChI is InChI=1S/C19H25N3OS/c23-18-17-8-4-5-11-21(17)19(24)22(18)16-9-12-20(13-10-16)14-15-6-2-1-3-7-15/h1-3,6-7,16-17H,4-5,8-14H2/t17-/m1/s1. The van der Waals surface area contributed by atoms with Crippen molar-refractivity contribution in [1.29, 1.82) is 0 Å².